The van der Waals surface area contributed by atoms with Gasteiger partial charge in [0.1, 0.15) is 0 Å². The molecular formula is C13H24N4O4. The smallest absolute Gasteiger partial charge is 0.303 e. The van der Waals surface area contributed by atoms with Gasteiger partial charge in [-0.15, -0.1) is 5.10 Å². The molecule has 8 heteroatoms. The number of aryl methyl sites for hydroxylation is 2. The molecule has 1 aromatic heterocycles. The highest BCUT2D eigenvalue weighted by Crippen LogP contribution is 2.10. The number of carbonyl (C=O) groups is 1. The molecule has 8 nitrogen and oxygen atoms in total. The molecule has 0 unspecified atom stereocenters. The number of hydrogen-bond acceptors (Lipinski definition) is 6. The zero-order chi connectivity index (χ0) is 15.7. The largest absolute Gasteiger partial charge is 0.481 e. The van der Waals surface area contributed by atoms with Crippen molar-refractivity contribution in [2.24, 2.45) is 5.73 Å². The van der Waals surface area contributed by atoms with Crippen molar-refractivity contribution >= 4 is 5.97 Å². The Kier molecular flexibility index (Phi) is 7.27. The van der Waals surface area contributed by atoms with E-state index < -0.39 is 11.5 Å². The minimum Gasteiger partial charge on any atom is -0.481 e. The van der Waals surface area contributed by atoms with Gasteiger partial charge in [-0.25, -0.2) is 0 Å². The number of aliphatic carboxylic acids is 1. The fourth-order valence-electron chi connectivity index (χ4n) is 1.87. The summed E-state index contributed by atoms with van der Waals surface area (Å²) in [6.45, 7) is 0.142. The summed E-state index contributed by atoms with van der Waals surface area (Å²) in [4.78, 5) is 10.4. The first-order chi connectivity index (χ1) is 9.99. The standard InChI is InChI=1S/C13H24N4O4/c14-13(9-18,10-19)6-5-11-8-17(16-15-11)7-3-1-2-4-12(20)21/h8,18-19H,1-7,9-10,14H2,(H,20,21). The van der Waals surface area contributed by atoms with E-state index in [4.69, 9.17) is 21.1 Å². The number of carboxylic acid groups (broad SMARTS) is 1. The normalized spacial score (nSPS) is 11.8. The third-order valence-corrected chi connectivity index (χ3v) is 3.37. The van der Waals surface area contributed by atoms with Crippen LogP contribution in [0, 0.1) is 0 Å². The number of aliphatic hydroxyl groups is 2. The Morgan fingerprint density at radius 3 is 2.62 bits per heavy atom. The third kappa shape index (κ3) is 6.65. The van der Waals surface area contributed by atoms with Gasteiger partial charge in [0.15, 0.2) is 0 Å². The van der Waals surface area contributed by atoms with E-state index in [2.05, 4.69) is 10.3 Å². The van der Waals surface area contributed by atoms with Crippen LogP contribution in [0.4, 0.5) is 0 Å². The Balaban J connectivity index is 2.28. The summed E-state index contributed by atoms with van der Waals surface area (Å²) in [7, 11) is 0. The lowest BCUT2D eigenvalue weighted by Gasteiger charge is -2.23. The molecule has 1 rings (SSSR count). The van der Waals surface area contributed by atoms with Gasteiger partial charge in [-0.1, -0.05) is 11.6 Å². The number of rotatable bonds is 11. The second-order valence-electron chi connectivity index (χ2n) is 5.36. The number of unbranched alkanes of at least 4 members (excludes halogenated alkanes) is 2. The molecular weight excluding hydrogens is 276 g/mol. The van der Waals surface area contributed by atoms with Crippen LogP contribution >= 0.6 is 0 Å². The van der Waals surface area contributed by atoms with Crippen molar-refractivity contribution in [1.82, 2.24) is 15.0 Å². The number of aromatic nitrogens is 3. The van der Waals surface area contributed by atoms with Crippen LogP contribution in [0.15, 0.2) is 6.20 Å². The van der Waals surface area contributed by atoms with Crippen LogP contribution in [-0.2, 0) is 17.8 Å². The molecule has 120 valence electrons. The van der Waals surface area contributed by atoms with Crippen LogP contribution in [0.2, 0.25) is 0 Å². The monoisotopic (exact) mass is 300 g/mol. The molecule has 0 bridgehead atoms. The van der Waals surface area contributed by atoms with E-state index in [9.17, 15) is 4.79 Å². The van der Waals surface area contributed by atoms with Gasteiger partial charge >= 0.3 is 5.97 Å². The average Bonchev–Trinajstić information content (AvgIpc) is 2.92. The first kappa shape index (κ1) is 17.5. The lowest BCUT2D eigenvalue weighted by Crippen LogP contribution is -2.47. The number of nitrogens with two attached hydrogens (primary N) is 1. The minimum atomic E-state index is -0.986. The highest BCUT2D eigenvalue weighted by molar-refractivity contribution is 5.66. The van der Waals surface area contributed by atoms with Crippen LogP contribution in [0.5, 0.6) is 0 Å². The summed E-state index contributed by atoms with van der Waals surface area (Å²) in [6.07, 6.45) is 5.33. The van der Waals surface area contributed by atoms with E-state index in [1.165, 1.54) is 0 Å². The van der Waals surface area contributed by atoms with Gasteiger partial charge in [-0.3, -0.25) is 9.48 Å². The molecule has 5 N–H and O–H groups in total. The molecule has 21 heavy (non-hydrogen) atoms. The van der Waals surface area contributed by atoms with Crippen molar-refractivity contribution in [3.8, 4) is 0 Å². The molecule has 0 saturated heterocycles. The molecule has 0 aliphatic heterocycles. The van der Waals surface area contributed by atoms with Crippen molar-refractivity contribution in [3.63, 3.8) is 0 Å². The Morgan fingerprint density at radius 2 is 2.00 bits per heavy atom. The molecule has 1 heterocycles. The molecule has 0 amide bonds. The molecule has 0 saturated carbocycles. The molecule has 0 spiro atoms. The molecule has 0 fully saturated rings. The molecule has 0 aromatic carbocycles. The number of nitrogens with zero attached hydrogens (tertiary/aromatic N) is 3. The topological polar surface area (TPSA) is 134 Å². The van der Waals surface area contributed by atoms with Crippen molar-refractivity contribution in [3.05, 3.63) is 11.9 Å². The Hall–Kier alpha value is -1.51. The molecule has 0 atom stereocenters. The Morgan fingerprint density at radius 1 is 1.29 bits per heavy atom. The first-order valence-electron chi connectivity index (χ1n) is 7.10. The van der Waals surface area contributed by atoms with E-state index >= 15 is 0 Å². The van der Waals surface area contributed by atoms with Gasteiger partial charge in [0.05, 0.1) is 24.4 Å². The number of hydrogen-bond donors (Lipinski definition) is 4. The summed E-state index contributed by atoms with van der Waals surface area (Å²) in [5.41, 5.74) is 5.56. The van der Waals surface area contributed by atoms with Crippen molar-refractivity contribution in [2.75, 3.05) is 13.2 Å². The first-order valence-corrected chi connectivity index (χ1v) is 7.10. The maximum absolute atomic E-state index is 10.4. The van der Waals surface area contributed by atoms with Crippen molar-refractivity contribution in [2.45, 2.75) is 50.6 Å². The predicted molar refractivity (Wildman–Crippen MR) is 75.5 cm³/mol. The molecule has 0 aliphatic carbocycles. The van der Waals surface area contributed by atoms with E-state index in [-0.39, 0.29) is 19.6 Å². The number of aliphatic hydroxyl groups excluding tert-OH is 2. The van der Waals surface area contributed by atoms with Crippen LogP contribution in [0.25, 0.3) is 0 Å². The quantitative estimate of drug-likeness (QED) is 0.406. The van der Waals surface area contributed by atoms with E-state index in [0.717, 1.165) is 18.5 Å². The van der Waals surface area contributed by atoms with E-state index in [1.807, 2.05) is 6.20 Å². The maximum Gasteiger partial charge on any atom is 0.303 e. The summed E-state index contributed by atoms with van der Waals surface area (Å²) >= 11 is 0. The fourth-order valence-corrected chi connectivity index (χ4v) is 1.87. The zero-order valence-corrected chi connectivity index (χ0v) is 12.1. The molecule has 0 aliphatic rings. The van der Waals surface area contributed by atoms with Crippen molar-refractivity contribution in [1.29, 1.82) is 0 Å². The van der Waals surface area contributed by atoms with Crippen LogP contribution in [0.1, 0.15) is 37.8 Å². The van der Waals surface area contributed by atoms with Crippen LogP contribution < -0.4 is 5.73 Å². The van der Waals surface area contributed by atoms with Gasteiger partial charge in [0.2, 0.25) is 0 Å². The summed E-state index contributed by atoms with van der Waals surface area (Å²) < 4.78 is 1.71. The van der Waals surface area contributed by atoms with Gasteiger partial charge in [0.25, 0.3) is 0 Å². The SMILES string of the molecule is NC(CO)(CO)CCc1cn(CCCCCC(=O)O)nn1. The highest BCUT2D eigenvalue weighted by Gasteiger charge is 2.23. The van der Waals surface area contributed by atoms with Gasteiger partial charge < -0.3 is 21.1 Å². The van der Waals surface area contributed by atoms with Gasteiger partial charge in [-0.05, 0) is 25.7 Å². The zero-order valence-electron chi connectivity index (χ0n) is 12.1. The third-order valence-electron chi connectivity index (χ3n) is 3.37. The second-order valence-corrected chi connectivity index (χ2v) is 5.36. The van der Waals surface area contributed by atoms with Crippen LogP contribution in [-0.4, -0.2) is 55.0 Å². The number of carboxylic acids is 1. The van der Waals surface area contributed by atoms with E-state index in [0.29, 0.717) is 25.8 Å². The van der Waals surface area contributed by atoms with Gasteiger partial charge in [-0.2, -0.15) is 0 Å². The maximum atomic E-state index is 10.4. The Bertz CT molecular complexity index is 432. The summed E-state index contributed by atoms with van der Waals surface area (Å²) in [5.74, 6) is -0.768. The lowest BCUT2D eigenvalue weighted by molar-refractivity contribution is -0.137. The molecule has 0 radical (unpaired) electrons. The van der Waals surface area contributed by atoms with Crippen molar-refractivity contribution < 1.29 is 20.1 Å². The lowest BCUT2D eigenvalue weighted by atomic mass is 9.96. The summed E-state index contributed by atoms with van der Waals surface area (Å²) in [6, 6.07) is 0. The minimum absolute atomic E-state index is 0.198. The summed E-state index contributed by atoms with van der Waals surface area (Å²) in [5, 5.41) is 34.7. The molecule has 1 aromatic rings. The fraction of sp³-hybridized carbons (Fsp3) is 0.769. The predicted octanol–water partition coefficient (Wildman–Crippen LogP) is -0.462. The second kappa shape index (κ2) is 8.71. The van der Waals surface area contributed by atoms with Crippen LogP contribution in [0.3, 0.4) is 0 Å². The average molecular weight is 300 g/mol. The van der Waals surface area contributed by atoms with Gasteiger partial charge in [0, 0.05) is 19.2 Å². The Labute approximate surface area is 123 Å². The van der Waals surface area contributed by atoms with E-state index in [1.54, 1.807) is 4.68 Å². The highest BCUT2D eigenvalue weighted by atomic mass is 16.4.